The van der Waals surface area contributed by atoms with E-state index in [9.17, 15) is 14.4 Å². The van der Waals surface area contributed by atoms with Gasteiger partial charge in [-0.1, -0.05) is 0 Å². The van der Waals surface area contributed by atoms with Gasteiger partial charge in [0.1, 0.15) is 18.9 Å². The molecule has 1 atom stereocenters. The molecule has 3 rings (SSSR count). The van der Waals surface area contributed by atoms with Crippen LogP contribution in [0.1, 0.15) is 12.2 Å². The van der Waals surface area contributed by atoms with E-state index in [0.717, 1.165) is 23.6 Å². The van der Waals surface area contributed by atoms with Crippen LogP contribution in [0.5, 0.6) is 0 Å². The number of urea groups is 1. The van der Waals surface area contributed by atoms with Gasteiger partial charge >= 0.3 is 6.03 Å². The van der Waals surface area contributed by atoms with E-state index >= 15 is 0 Å². The van der Waals surface area contributed by atoms with Crippen molar-refractivity contribution in [3.05, 3.63) is 18.2 Å². The molecule has 0 bridgehead atoms. The molecule has 4 amide bonds. The van der Waals surface area contributed by atoms with Crippen molar-refractivity contribution in [1.82, 2.24) is 24.7 Å². The predicted octanol–water partition coefficient (Wildman–Crippen LogP) is -0.792. The fourth-order valence-corrected chi connectivity index (χ4v) is 2.73. The number of aryl methyl sites for hydroxylation is 1. The third-order valence-electron chi connectivity index (χ3n) is 3.83. The molecule has 8 heteroatoms. The Bertz CT molecular complexity index is 596. The second-order valence-corrected chi connectivity index (χ2v) is 5.42. The van der Waals surface area contributed by atoms with Crippen LogP contribution >= 0.6 is 0 Å². The van der Waals surface area contributed by atoms with E-state index in [-0.39, 0.29) is 30.9 Å². The second-order valence-electron chi connectivity index (χ2n) is 5.42. The Morgan fingerprint density at radius 3 is 3.00 bits per heavy atom. The number of imidazole rings is 1. The summed E-state index contributed by atoms with van der Waals surface area (Å²) in [5.74, 6) is 0.380. The zero-order valence-electron chi connectivity index (χ0n) is 11.8. The lowest BCUT2D eigenvalue weighted by atomic mass is 10.1. The van der Waals surface area contributed by atoms with E-state index < -0.39 is 6.03 Å². The molecule has 0 unspecified atom stereocenters. The van der Waals surface area contributed by atoms with Gasteiger partial charge < -0.3 is 14.8 Å². The number of rotatable bonds is 3. The van der Waals surface area contributed by atoms with E-state index in [1.54, 1.807) is 13.2 Å². The van der Waals surface area contributed by atoms with Crippen LogP contribution in [0.4, 0.5) is 4.79 Å². The fraction of sp³-hybridized carbons (Fsp3) is 0.538. The average Bonchev–Trinajstić information content (AvgIpc) is 2.99. The number of nitrogens with zero attached hydrogens (tertiary/aromatic N) is 4. The Labute approximate surface area is 121 Å². The van der Waals surface area contributed by atoms with Crippen molar-refractivity contribution in [3.8, 4) is 0 Å². The minimum absolute atomic E-state index is 0.00439. The minimum Gasteiger partial charge on any atom is -0.350 e. The van der Waals surface area contributed by atoms with Crippen molar-refractivity contribution in [2.75, 3.05) is 20.1 Å². The van der Waals surface area contributed by atoms with Gasteiger partial charge in [-0.3, -0.25) is 14.5 Å². The molecule has 1 saturated heterocycles. The Hall–Kier alpha value is -2.38. The highest BCUT2D eigenvalue weighted by atomic mass is 16.2. The number of amides is 4. The SMILES string of the molecule is CN1CC(=O)N(CC(=O)N[C@H]2CCc3nccn3C2)C1=O. The molecule has 21 heavy (non-hydrogen) atoms. The number of hydrogen-bond acceptors (Lipinski definition) is 4. The van der Waals surface area contributed by atoms with E-state index in [4.69, 9.17) is 0 Å². The molecule has 1 aromatic rings. The molecule has 0 radical (unpaired) electrons. The molecule has 3 heterocycles. The largest absolute Gasteiger partial charge is 0.350 e. The third-order valence-corrected chi connectivity index (χ3v) is 3.83. The lowest BCUT2D eigenvalue weighted by molar-refractivity contribution is -0.131. The molecule has 112 valence electrons. The number of nitrogens with one attached hydrogen (secondary N) is 1. The number of fused-ring (bicyclic) bond motifs is 1. The van der Waals surface area contributed by atoms with E-state index in [2.05, 4.69) is 10.3 Å². The fourth-order valence-electron chi connectivity index (χ4n) is 2.73. The Balaban J connectivity index is 1.56. The molecule has 0 aromatic carbocycles. The van der Waals surface area contributed by atoms with Crippen molar-refractivity contribution >= 4 is 17.8 Å². The predicted molar refractivity (Wildman–Crippen MR) is 72.2 cm³/mol. The standard InChI is InChI=1S/C13H17N5O3/c1-16-8-12(20)18(13(16)21)7-11(19)15-9-2-3-10-14-4-5-17(10)6-9/h4-5,9H,2-3,6-8H2,1H3,(H,15,19)/t9-/m0/s1. The zero-order valence-corrected chi connectivity index (χ0v) is 11.8. The normalized spacial score (nSPS) is 21.7. The molecule has 1 fully saturated rings. The van der Waals surface area contributed by atoms with Crippen molar-refractivity contribution in [2.45, 2.75) is 25.4 Å². The Kier molecular flexibility index (Phi) is 3.36. The molecule has 1 aromatic heterocycles. The summed E-state index contributed by atoms with van der Waals surface area (Å²) in [7, 11) is 1.54. The Morgan fingerprint density at radius 2 is 2.29 bits per heavy atom. The first kappa shape index (κ1) is 13.6. The van der Waals surface area contributed by atoms with Gasteiger partial charge in [0.15, 0.2) is 0 Å². The van der Waals surface area contributed by atoms with Crippen LogP contribution in [0, 0.1) is 0 Å². The molecular weight excluding hydrogens is 274 g/mol. The van der Waals surface area contributed by atoms with Crippen molar-refractivity contribution in [1.29, 1.82) is 0 Å². The minimum atomic E-state index is -0.421. The highest BCUT2D eigenvalue weighted by Gasteiger charge is 2.35. The summed E-state index contributed by atoms with van der Waals surface area (Å²) < 4.78 is 2.01. The number of hydrogen-bond donors (Lipinski definition) is 1. The van der Waals surface area contributed by atoms with E-state index in [0.29, 0.717) is 6.54 Å². The lowest BCUT2D eigenvalue weighted by Gasteiger charge is -2.25. The first-order valence-corrected chi connectivity index (χ1v) is 6.89. The van der Waals surface area contributed by atoms with Crippen molar-refractivity contribution in [3.63, 3.8) is 0 Å². The number of likely N-dealkylation sites (N-methyl/N-ethyl adjacent to an activating group) is 1. The summed E-state index contributed by atoms with van der Waals surface area (Å²) in [4.78, 5) is 41.9. The zero-order chi connectivity index (χ0) is 15.0. The Morgan fingerprint density at radius 1 is 1.48 bits per heavy atom. The molecule has 2 aliphatic rings. The van der Waals surface area contributed by atoms with Crippen LogP contribution in [0.3, 0.4) is 0 Å². The molecule has 0 spiro atoms. The van der Waals surface area contributed by atoms with Gasteiger partial charge in [0.05, 0.1) is 0 Å². The summed E-state index contributed by atoms with van der Waals surface area (Å²) in [6.07, 6.45) is 5.25. The van der Waals surface area contributed by atoms with Gasteiger partial charge in [0.25, 0.3) is 5.91 Å². The van der Waals surface area contributed by atoms with Crippen LogP contribution in [-0.2, 0) is 22.6 Å². The number of imide groups is 1. The van der Waals surface area contributed by atoms with Crippen molar-refractivity contribution < 1.29 is 14.4 Å². The molecule has 0 aliphatic carbocycles. The molecular formula is C13H17N5O3. The highest BCUT2D eigenvalue weighted by molar-refractivity contribution is 6.04. The van der Waals surface area contributed by atoms with Gasteiger partial charge in [0.2, 0.25) is 5.91 Å². The van der Waals surface area contributed by atoms with E-state index in [1.165, 1.54) is 4.90 Å². The first-order valence-electron chi connectivity index (χ1n) is 6.89. The van der Waals surface area contributed by atoms with Crippen molar-refractivity contribution in [2.24, 2.45) is 0 Å². The summed E-state index contributed by atoms with van der Waals surface area (Å²) >= 11 is 0. The number of carbonyl (C=O) groups is 3. The summed E-state index contributed by atoms with van der Waals surface area (Å²) in [6, 6.07) is -0.416. The monoisotopic (exact) mass is 291 g/mol. The molecule has 1 N–H and O–H groups in total. The summed E-state index contributed by atoms with van der Waals surface area (Å²) in [6.45, 7) is 0.492. The second kappa shape index (κ2) is 5.19. The number of carbonyl (C=O) groups excluding carboxylic acids is 3. The average molecular weight is 291 g/mol. The van der Waals surface area contributed by atoms with Crippen LogP contribution in [0.25, 0.3) is 0 Å². The quantitative estimate of drug-likeness (QED) is 0.739. The van der Waals surface area contributed by atoms with Gasteiger partial charge in [-0.05, 0) is 6.42 Å². The van der Waals surface area contributed by atoms with Gasteiger partial charge in [-0.2, -0.15) is 0 Å². The summed E-state index contributed by atoms with van der Waals surface area (Å²) in [5.41, 5.74) is 0. The smallest absolute Gasteiger partial charge is 0.327 e. The number of aromatic nitrogens is 2. The third kappa shape index (κ3) is 2.61. The molecule has 0 saturated carbocycles. The maximum absolute atomic E-state index is 12.0. The van der Waals surface area contributed by atoms with Gasteiger partial charge in [-0.15, -0.1) is 0 Å². The summed E-state index contributed by atoms with van der Waals surface area (Å²) in [5, 5.41) is 2.88. The van der Waals surface area contributed by atoms with Crippen LogP contribution in [0.2, 0.25) is 0 Å². The van der Waals surface area contributed by atoms with Crippen LogP contribution < -0.4 is 5.32 Å². The van der Waals surface area contributed by atoms with Crippen LogP contribution in [-0.4, -0.2) is 63.4 Å². The van der Waals surface area contributed by atoms with E-state index in [1.807, 2.05) is 10.8 Å². The van der Waals surface area contributed by atoms with Crippen LogP contribution in [0.15, 0.2) is 12.4 Å². The first-order chi connectivity index (χ1) is 10.0. The maximum Gasteiger partial charge on any atom is 0.327 e. The maximum atomic E-state index is 12.0. The lowest BCUT2D eigenvalue weighted by Crippen LogP contribution is -2.47. The highest BCUT2D eigenvalue weighted by Crippen LogP contribution is 2.13. The molecule has 8 nitrogen and oxygen atoms in total. The topological polar surface area (TPSA) is 87.5 Å². The van der Waals surface area contributed by atoms with Gasteiger partial charge in [0, 0.05) is 38.4 Å². The van der Waals surface area contributed by atoms with Gasteiger partial charge in [-0.25, -0.2) is 9.78 Å². The molecule has 2 aliphatic heterocycles.